The highest BCUT2D eigenvalue weighted by Gasteiger charge is 2.50. The molecule has 12 N–H and O–H groups in total. The van der Waals surface area contributed by atoms with Gasteiger partial charge >= 0.3 is 0 Å². The first-order chi connectivity index (χ1) is 39.0. The van der Waals surface area contributed by atoms with Crippen LogP contribution in [-0.4, -0.2) is 184 Å². The zero-order valence-corrected chi connectivity index (χ0v) is 46.2. The Morgan fingerprint density at radius 2 is 1.24 bits per heavy atom. The number of Topliss-reactive ketones (excluding diaryl/α,β-unsaturated/α-hetero) is 2. The molecule has 3 aliphatic rings. The van der Waals surface area contributed by atoms with E-state index in [4.69, 9.17) is 4.74 Å². The largest absolute Gasteiger partial charge is 0.508 e. The number of unbranched alkanes of at least 4 members (excludes halogenated alkanes) is 2. The van der Waals surface area contributed by atoms with Gasteiger partial charge in [0.1, 0.15) is 47.6 Å². The number of aromatic hydroxyl groups is 1. The fourth-order valence-corrected chi connectivity index (χ4v) is 10.8. The minimum atomic E-state index is -2.27. The summed E-state index contributed by atoms with van der Waals surface area (Å²) in [6, 6.07) is 19.5. The Morgan fingerprint density at radius 1 is 0.671 bits per heavy atom. The summed E-state index contributed by atoms with van der Waals surface area (Å²) < 4.78 is 5.84. The van der Waals surface area contributed by atoms with Crippen molar-refractivity contribution in [3.8, 4) is 33.8 Å². The van der Waals surface area contributed by atoms with Gasteiger partial charge in [0.15, 0.2) is 12.0 Å². The summed E-state index contributed by atoms with van der Waals surface area (Å²) in [6.07, 6.45) is -14.8. The highest BCUT2D eigenvalue weighted by molar-refractivity contribution is 6.00. The molecule has 0 aliphatic carbocycles. The van der Waals surface area contributed by atoms with Crippen molar-refractivity contribution in [2.75, 3.05) is 19.7 Å². The Balaban J connectivity index is 1.18. The van der Waals surface area contributed by atoms with Crippen molar-refractivity contribution in [2.24, 2.45) is 17.8 Å². The summed E-state index contributed by atoms with van der Waals surface area (Å²) in [4.78, 5) is 102. The van der Waals surface area contributed by atoms with Crippen molar-refractivity contribution in [3.63, 3.8) is 0 Å². The molecule has 82 heavy (non-hydrogen) atoms. The molecule has 15 atom stereocenters. The van der Waals surface area contributed by atoms with Gasteiger partial charge in [-0.3, -0.25) is 33.6 Å². The van der Waals surface area contributed by atoms with Gasteiger partial charge in [0.05, 0.1) is 55.0 Å². The topological polar surface area (TPSA) is 353 Å². The molecule has 0 saturated carbocycles. The molecule has 0 radical (unpaired) electrons. The van der Waals surface area contributed by atoms with E-state index < -0.39 is 164 Å². The molecule has 4 aromatic carbocycles. The Hall–Kier alpha value is -7.15. The quantitative estimate of drug-likeness (QED) is 0.0791. The molecule has 3 heterocycles. The molecule has 3 fully saturated rings. The van der Waals surface area contributed by atoms with Crippen LogP contribution in [0.4, 0.5) is 0 Å². The van der Waals surface area contributed by atoms with Crippen LogP contribution in [0.15, 0.2) is 97.1 Å². The van der Waals surface area contributed by atoms with Crippen molar-refractivity contribution in [1.29, 1.82) is 0 Å². The lowest BCUT2D eigenvalue weighted by Gasteiger charge is -2.33. The van der Waals surface area contributed by atoms with E-state index >= 15 is 0 Å². The van der Waals surface area contributed by atoms with E-state index in [9.17, 15) is 79.5 Å². The lowest BCUT2D eigenvalue weighted by atomic mass is 9.81. The van der Waals surface area contributed by atoms with E-state index in [1.807, 2.05) is 48.5 Å². The first-order valence-electron chi connectivity index (χ1n) is 27.7. The number of rotatable bonds is 14. The molecular weight excluding hydrogens is 1060 g/mol. The summed E-state index contributed by atoms with van der Waals surface area (Å²) >= 11 is 0. The number of ketones is 2. The van der Waals surface area contributed by atoms with Crippen LogP contribution in [-0.2, 0) is 28.8 Å². The SMILES string of the molecule is CCCCCOc1ccc(-c2ccc(-c3ccc(C(=O)N[C@H]4C[C@@H](O)[C@@H](O)NC(=O)[C@@H]5[C@@H](O)[C@@H](C)CN5C(=O)[C@H]([C@@H](C)O)CC(=O)[C@H]([C@H](O)[C@@H](O)c5ccc(O)cc5)CC(=O)[C@@H]5C[C@@H](O)CN5C(=O)[C@H]([C@@H](C)O)NC4=O)cc3)cc2)cc1. The van der Waals surface area contributed by atoms with Crippen LogP contribution >= 0.6 is 0 Å². The first-order valence-corrected chi connectivity index (χ1v) is 27.7. The maximum Gasteiger partial charge on any atom is 0.251 e. The number of phenols is 1. The molecule has 0 aromatic heterocycles. The van der Waals surface area contributed by atoms with Crippen LogP contribution in [0.3, 0.4) is 0 Å². The number of hydrogen-bond donors (Lipinski definition) is 12. The van der Waals surface area contributed by atoms with E-state index in [-0.39, 0.29) is 23.4 Å². The van der Waals surface area contributed by atoms with E-state index in [0.717, 1.165) is 64.0 Å². The van der Waals surface area contributed by atoms with Gasteiger partial charge in [-0.05, 0) is 84.5 Å². The van der Waals surface area contributed by atoms with Crippen LogP contribution in [0.2, 0.25) is 0 Å². The van der Waals surface area contributed by atoms with Crippen LogP contribution in [0.25, 0.3) is 22.3 Å². The van der Waals surface area contributed by atoms with Gasteiger partial charge in [-0.2, -0.15) is 0 Å². The number of aliphatic hydroxyl groups is 8. The number of carbonyl (C=O) groups excluding carboxylic acids is 7. The summed E-state index contributed by atoms with van der Waals surface area (Å²) in [5.74, 6) is -11.3. The predicted molar refractivity (Wildman–Crippen MR) is 296 cm³/mol. The van der Waals surface area contributed by atoms with E-state index in [1.165, 1.54) is 50.2 Å². The van der Waals surface area contributed by atoms with Crippen molar-refractivity contribution in [3.05, 3.63) is 108 Å². The summed E-state index contributed by atoms with van der Waals surface area (Å²) in [6.45, 7) is 5.72. The maximum absolute atomic E-state index is 14.5. The number of ether oxygens (including phenoxy) is 1. The van der Waals surface area contributed by atoms with Crippen molar-refractivity contribution < 1.29 is 84.3 Å². The lowest BCUT2D eigenvalue weighted by Crippen LogP contribution is -2.60. The van der Waals surface area contributed by atoms with Crippen molar-refractivity contribution >= 4 is 41.1 Å². The Morgan fingerprint density at radius 3 is 1.82 bits per heavy atom. The third kappa shape index (κ3) is 14.9. The monoisotopic (exact) mass is 1140 g/mol. The van der Waals surface area contributed by atoms with Crippen LogP contribution in [0, 0.1) is 17.8 Å². The zero-order chi connectivity index (χ0) is 59.7. The second-order valence-electron chi connectivity index (χ2n) is 21.9. The smallest absolute Gasteiger partial charge is 0.251 e. The minimum Gasteiger partial charge on any atom is -0.508 e. The number of phenolic OH excluding ortho intramolecular Hbond substituents is 1. The van der Waals surface area contributed by atoms with E-state index in [2.05, 4.69) is 22.9 Å². The van der Waals surface area contributed by atoms with Crippen LogP contribution in [0.5, 0.6) is 11.5 Å². The third-order valence-corrected chi connectivity index (χ3v) is 15.7. The predicted octanol–water partition coefficient (Wildman–Crippen LogP) is 1.25. The van der Waals surface area contributed by atoms with Gasteiger partial charge in [-0.25, -0.2) is 0 Å². The summed E-state index contributed by atoms with van der Waals surface area (Å²) in [5.41, 5.74) is 3.48. The molecule has 0 unspecified atom stereocenters. The van der Waals surface area contributed by atoms with Gasteiger partial charge in [0.2, 0.25) is 23.6 Å². The standard InChI is InChI=1S/C60H75N5O17/c1-5-6-7-24-82-42-22-18-37(19-23-42)35-10-8-34(9-11-35)36-12-14-39(15-13-36)55(76)61-45-28-49(72)57(78)63-58(79)51-52(73)31(2)29-65(51)59(80)43(32(3)66)26-47(70)44(54(75)53(74)38-16-20-40(68)21-17-38)27-48(71)46-25-41(69)30-64(46)60(81)50(33(4)67)62-56(45)77/h8-23,31-33,41,43-46,49-54,57,66-69,72-75,78H,5-7,24-30H2,1-4H3,(H,61,76)(H,62,77)(H,63,79)/t31-,32+,33+,41+,43-,44+,45-,46-,49+,50-,51-,52-,53-,54-,57+/m0/s1. The molecule has 3 saturated heterocycles. The van der Waals surface area contributed by atoms with Crippen molar-refractivity contribution in [1.82, 2.24) is 25.8 Å². The lowest BCUT2D eigenvalue weighted by molar-refractivity contribution is -0.150. The maximum atomic E-state index is 14.5. The molecular formula is C60H75N5O17. The zero-order valence-electron chi connectivity index (χ0n) is 46.2. The average Bonchev–Trinajstić information content (AvgIpc) is 4.06. The van der Waals surface area contributed by atoms with Gasteiger partial charge in [0.25, 0.3) is 5.91 Å². The van der Waals surface area contributed by atoms with Crippen LogP contribution < -0.4 is 20.7 Å². The molecule has 7 rings (SSSR count). The number of nitrogens with one attached hydrogen (secondary N) is 3. The number of hydrogen-bond acceptors (Lipinski definition) is 17. The molecule has 3 aliphatic heterocycles. The number of fused-ring (bicyclic) bond motifs is 2. The Labute approximate surface area is 474 Å². The highest BCUT2D eigenvalue weighted by atomic mass is 16.5. The number of nitrogens with zero attached hydrogens (tertiary/aromatic N) is 2. The number of aliphatic hydroxyl groups excluding tert-OH is 8. The number of benzene rings is 4. The molecule has 22 nitrogen and oxygen atoms in total. The second-order valence-corrected chi connectivity index (χ2v) is 21.9. The Kier molecular flexibility index (Phi) is 21.1. The number of amides is 5. The summed E-state index contributed by atoms with van der Waals surface area (Å²) in [5, 5.41) is 107. The van der Waals surface area contributed by atoms with Crippen LogP contribution in [0.1, 0.15) is 94.7 Å². The highest BCUT2D eigenvalue weighted by Crippen LogP contribution is 2.34. The number of carbonyl (C=O) groups is 7. The molecule has 0 bridgehead atoms. The first kappa shape index (κ1) is 62.5. The van der Waals surface area contributed by atoms with E-state index in [0.29, 0.717) is 6.61 Å². The fraction of sp³-hybridized carbons (Fsp3) is 0.483. The van der Waals surface area contributed by atoms with Crippen molar-refractivity contribution in [2.45, 2.75) is 146 Å². The molecule has 5 amide bonds. The summed E-state index contributed by atoms with van der Waals surface area (Å²) in [7, 11) is 0. The van der Waals surface area contributed by atoms with Gasteiger partial charge in [-0.1, -0.05) is 87.4 Å². The average molecular weight is 1140 g/mol. The fourth-order valence-electron chi connectivity index (χ4n) is 10.8. The third-order valence-electron chi connectivity index (χ3n) is 15.7. The van der Waals surface area contributed by atoms with Gasteiger partial charge in [-0.15, -0.1) is 0 Å². The second kappa shape index (κ2) is 27.7. The molecule has 22 heteroatoms. The molecule has 442 valence electrons. The van der Waals surface area contributed by atoms with Gasteiger partial charge in [0, 0.05) is 50.3 Å². The normalized spacial score (nSPS) is 27.7. The van der Waals surface area contributed by atoms with E-state index in [1.54, 1.807) is 12.1 Å². The molecule has 4 aromatic rings. The van der Waals surface area contributed by atoms with Gasteiger partial charge < -0.3 is 76.4 Å². The molecule has 0 spiro atoms. The Bertz CT molecular complexity index is 2870. The minimum absolute atomic E-state index is 0.00675.